The van der Waals surface area contributed by atoms with Crippen molar-refractivity contribution < 1.29 is 14.3 Å². The average molecular weight is 295 g/mol. The minimum absolute atomic E-state index is 0.173. The van der Waals surface area contributed by atoms with Crippen LogP contribution in [0.25, 0.3) is 0 Å². The molecule has 0 saturated carbocycles. The van der Waals surface area contributed by atoms with E-state index >= 15 is 0 Å². The maximum Gasteiger partial charge on any atom is 0.409 e. The standard InChI is InChI=1S/C13H17N3O3S/c1-20-12-10(4-2-5-15-12)11(17)14-6-8-16-7-3-9-19-13(16)18/h2,4-5H,3,6-9H2,1H3,(H,14,17). The van der Waals surface area contributed by atoms with Gasteiger partial charge in [-0.3, -0.25) is 4.79 Å². The molecular formula is C13H17N3O3S. The van der Waals surface area contributed by atoms with E-state index in [1.807, 2.05) is 6.26 Å². The molecule has 7 heteroatoms. The first-order valence-electron chi connectivity index (χ1n) is 6.41. The van der Waals surface area contributed by atoms with Crippen LogP contribution in [0.3, 0.4) is 0 Å². The molecule has 0 aliphatic carbocycles. The van der Waals surface area contributed by atoms with Crippen LogP contribution in [0.2, 0.25) is 0 Å². The lowest BCUT2D eigenvalue weighted by atomic mass is 10.2. The topological polar surface area (TPSA) is 71.5 Å². The zero-order valence-corrected chi connectivity index (χ0v) is 12.1. The van der Waals surface area contributed by atoms with E-state index in [-0.39, 0.29) is 12.0 Å². The number of aromatic nitrogens is 1. The molecule has 1 fully saturated rings. The lowest BCUT2D eigenvalue weighted by Gasteiger charge is -2.26. The van der Waals surface area contributed by atoms with Gasteiger partial charge in [0.05, 0.1) is 12.2 Å². The second-order valence-electron chi connectivity index (χ2n) is 4.27. The van der Waals surface area contributed by atoms with E-state index in [0.29, 0.717) is 36.8 Å². The van der Waals surface area contributed by atoms with Crippen LogP contribution in [0.15, 0.2) is 23.4 Å². The molecule has 20 heavy (non-hydrogen) atoms. The second kappa shape index (κ2) is 7.14. The predicted molar refractivity (Wildman–Crippen MR) is 75.9 cm³/mol. The Balaban J connectivity index is 1.84. The van der Waals surface area contributed by atoms with Crippen molar-refractivity contribution in [2.45, 2.75) is 11.4 Å². The molecule has 1 saturated heterocycles. The van der Waals surface area contributed by atoms with Gasteiger partial charge in [0.1, 0.15) is 5.03 Å². The summed E-state index contributed by atoms with van der Waals surface area (Å²) in [6.45, 7) is 2.02. The van der Waals surface area contributed by atoms with Crippen LogP contribution >= 0.6 is 11.8 Å². The van der Waals surface area contributed by atoms with Gasteiger partial charge in [-0.1, -0.05) is 0 Å². The van der Waals surface area contributed by atoms with Crippen LogP contribution in [-0.2, 0) is 4.74 Å². The molecular weight excluding hydrogens is 278 g/mol. The van der Waals surface area contributed by atoms with Gasteiger partial charge in [-0.15, -0.1) is 11.8 Å². The summed E-state index contributed by atoms with van der Waals surface area (Å²) in [6, 6.07) is 3.47. The quantitative estimate of drug-likeness (QED) is 0.831. The van der Waals surface area contributed by atoms with Crippen molar-refractivity contribution in [3.05, 3.63) is 23.9 Å². The van der Waals surface area contributed by atoms with Crippen LogP contribution in [0, 0.1) is 0 Å². The van der Waals surface area contributed by atoms with Crippen molar-refractivity contribution in [1.82, 2.24) is 15.2 Å². The largest absolute Gasteiger partial charge is 0.449 e. The SMILES string of the molecule is CSc1ncccc1C(=O)NCCN1CCCOC1=O. The summed E-state index contributed by atoms with van der Waals surface area (Å²) in [6.07, 6.45) is 4.06. The van der Waals surface area contributed by atoms with Crippen molar-refractivity contribution >= 4 is 23.8 Å². The predicted octanol–water partition coefficient (Wildman–Crippen LogP) is 1.38. The van der Waals surface area contributed by atoms with Crippen LogP contribution < -0.4 is 5.32 Å². The summed E-state index contributed by atoms with van der Waals surface area (Å²) >= 11 is 1.43. The first-order valence-corrected chi connectivity index (χ1v) is 7.63. The van der Waals surface area contributed by atoms with E-state index < -0.39 is 0 Å². The number of ether oxygens (including phenoxy) is 1. The fourth-order valence-corrected chi connectivity index (χ4v) is 2.47. The number of thioether (sulfide) groups is 1. The van der Waals surface area contributed by atoms with Crippen molar-refractivity contribution in [1.29, 1.82) is 0 Å². The highest BCUT2D eigenvalue weighted by Gasteiger charge is 2.19. The molecule has 0 atom stereocenters. The van der Waals surface area contributed by atoms with Gasteiger partial charge in [-0.2, -0.15) is 0 Å². The summed E-state index contributed by atoms with van der Waals surface area (Å²) in [5, 5.41) is 3.50. The van der Waals surface area contributed by atoms with Crippen LogP contribution in [0.1, 0.15) is 16.8 Å². The highest BCUT2D eigenvalue weighted by Crippen LogP contribution is 2.16. The van der Waals surface area contributed by atoms with Gasteiger partial charge in [0, 0.05) is 25.8 Å². The number of nitrogens with one attached hydrogen (secondary N) is 1. The van der Waals surface area contributed by atoms with Crippen molar-refractivity contribution in [2.24, 2.45) is 0 Å². The van der Waals surface area contributed by atoms with Gasteiger partial charge in [0.2, 0.25) is 0 Å². The fraction of sp³-hybridized carbons (Fsp3) is 0.462. The minimum atomic E-state index is -0.309. The lowest BCUT2D eigenvalue weighted by molar-refractivity contribution is 0.0719. The molecule has 0 aromatic carbocycles. The Morgan fingerprint density at radius 3 is 3.20 bits per heavy atom. The zero-order valence-electron chi connectivity index (χ0n) is 11.3. The van der Waals surface area contributed by atoms with Gasteiger partial charge in [-0.25, -0.2) is 9.78 Å². The van der Waals surface area contributed by atoms with Crippen molar-refractivity contribution in [2.75, 3.05) is 32.5 Å². The minimum Gasteiger partial charge on any atom is -0.449 e. The Morgan fingerprint density at radius 1 is 1.60 bits per heavy atom. The van der Waals surface area contributed by atoms with E-state index in [2.05, 4.69) is 10.3 Å². The lowest BCUT2D eigenvalue weighted by Crippen LogP contribution is -2.42. The number of hydrogen-bond donors (Lipinski definition) is 1. The summed E-state index contributed by atoms with van der Waals surface area (Å²) in [5.41, 5.74) is 0.557. The first kappa shape index (κ1) is 14.6. The number of carbonyl (C=O) groups excluding carboxylic acids is 2. The molecule has 2 rings (SSSR count). The van der Waals surface area contributed by atoms with E-state index in [1.165, 1.54) is 11.8 Å². The maximum absolute atomic E-state index is 12.0. The molecule has 0 unspecified atom stereocenters. The molecule has 0 bridgehead atoms. The monoisotopic (exact) mass is 295 g/mol. The molecule has 1 aromatic heterocycles. The molecule has 0 spiro atoms. The Kier molecular flexibility index (Phi) is 5.23. The molecule has 1 aliphatic rings. The summed E-state index contributed by atoms with van der Waals surface area (Å²) in [7, 11) is 0. The number of nitrogens with zero attached hydrogens (tertiary/aromatic N) is 2. The number of pyridine rings is 1. The maximum atomic E-state index is 12.0. The van der Waals surface area contributed by atoms with Crippen LogP contribution in [-0.4, -0.2) is 54.4 Å². The molecule has 1 aliphatic heterocycles. The summed E-state index contributed by atoms with van der Waals surface area (Å²) in [4.78, 5) is 29.2. The Morgan fingerprint density at radius 2 is 2.45 bits per heavy atom. The molecule has 2 amide bonds. The van der Waals surface area contributed by atoms with Gasteiger partial charge in [-0.05, 0) is 24.8 Å². The van der Waals surface area contributed by atoms with Crippen LogP contribution in [0.4, 0.5) is 4.79 Å². The number of hydrogen-bond acceptors (Lipinski definition) is 5. The summed E-state index contributed by atoms with van der Waals surface area (Å²) < 4.78 is 4.93. The molecule has 1 N–H and O–H groups in total. The molecule has 108 valence electrons. The second-order valence-corrected chi connectivity index (χ2v) is 5.07. The van der Waals surface area contributed by atoms with E-state index in [1.54, 1.807) is 23.2 Å². The first-order chi connectivity index (χ1) is 9.72. The van der Waals surface area contributed by atoms with Crippen molar-refractivity contribution in [3.8, 4) is 0 Å². The van der Waals surface area contributed by atoms with E-state index in [0.717, 1.165) is 6.42 Å². The van der Waals surface area contributed by atoms with Gasteiger partial charge in [0.25, 0.3) is 5.91 Å². The van der Waals surface area contributed by atoms with Gasteiger partial charge >= 0.3 is 6.09 Å². The third-order valence-corrected chi connectivity index (χ3v) is 3.64. The van der Waals surface area contributed by atoms with Crippen LogP contribution in [0.5, 0.6) is 0 Å². The summed E-state index contributed by atoms with van der Waals surface area (Å²) in [5.74, 6) is -0.173. The molecule has 1 aromatic rings. The normalized spacial score (nSPS) is 14.8. The number of carbonyl (C=O) groups is 2. The van der Waals surface area contributed by atoms with Gasteiger partial charge < -0.3 is 15.0 Å². The molecule has 2 heterocycles. The zero-order chi connectivity index (χ0) is 14.4. The number of amides is 2. The van der Waals surface area contributed by atoms with Crippen molar-refractivity contribution in [3.63, 3.8) is 0 Å². The average Bonchev–Trinajstić information content (AvgIpc) is 2.49. The van der Waals surface area contributed by atoms with Gasteiger partial charge in [0.15, 0.2) is 0 Å². The van der Waals surface area contributed by atoms with E-state index in [4.69, 9.17) is 4.74 Å². The number of rotatable bonds is 5. The van der Waals surface area contributed by atoms with E-state index in [9.17, 15) is 9.59 Å². The Bertz CT molecular complexity index is 496. The highest BCUT2D eigenvalue weighted by molar-refractivity contribution is 7.98. The fourth-order valence-electron chi connectivity index (χ4n) is 1.93. The Hall–Kier alpha value is -1.76. The molecule has 0 radical (unpaired) electrons. The Labute approximate surface area is 121 Å². The third kappa shape index (κ3) is 3.63. The third-order valence-electron chi connectivity index (χ3n) is 2.93. The smallest absolute Gasteiger partial charge is 0.409 e. The molecule has 6 nitrogen and oxygen atoms in total. The number of cyclic esters (lactones) is 1. The highest BCUT2D eigenvalue weighted by atomic mass is 32.2.